The standard InChI is InChI=1S/C23H19.C17H15.2CH3.2ClH.Si.Zr/c1-16-8-6-9-17(2)23(16)20-14-19-12-7-13-21(22(19)15-20)18-10-4-3-5-11-18;1-12-10-16-13(2)8-9-15(17(16)11-12)14-6-4-3-5-7-14;;;;;;/h3-15H,1-2H3;3-11H,1-2H3;2*1H3;2*1H;;/q4*-1;;;;. The van der Waals surface area contributed by atoms with Gasteiger partial charge in [0.1, 0.15) is 0 Å². The molecular formula is C42H42Cl2SiZr-4. The summed E-state index contributed by atoms with van der Waals surface area (Å²) < 4.78 is 0. The van der Waals surface area contributed by atoms with Crippen molar-refractivity contribution in [2.24, 2.45) is 0 Å². The van der Waals surface area contributed by atoms with Crippen LogP contribution in [0.25, 0.3) is 54.9 Å². The van der Waals surface area contributed by atoms with Gasteiger partial charge in [-0.15, -0.1) is 93.4 Å². The Labute approximate surface area is 306 Å². The summed E-state index contributed by atoms with van der Waals surface area (Å²) in [5, 5.41) is 5.39. The van der Waals surface area contributed by atoms with Crippen LogP contribution < -0.4 is 0 Å². The normalized spacial score (nSPS) is 9.63. The molecule has 4 heteroatoms. The van der Waals surface area contributed by atoms with Crippen LogP contribution >= 0.6 is 24.8 Å². The quantitative estimate of drug-likeness (QED) is 0.125. The van der Waals surface area contributed by atoms with Crippen molar-refractivity contribution in [2.75, 3.05) is 0 Å². The average Bonchev–Trinajstić information content (AvgIpc) is 3.63. The Morgan fingerprint density at radius 1 is 0.500 bits per heavy atom. The second-order valence-electron chi connectivity index (χ2n) is 10.8. The van der Waals surface area contributed by atoms with E-state index >= 15 is 0 Å². The van der Waals surface area contributed by atoms with Crippen LogP contribution in [0.5, 0.6) is 0 Å². The molecule has 0 bridgehead atoms. The van der Waals surface area contributed by atoms with Crippen LogP contribution in [0.15, 0.2) is 133 Å². The van der Waals surface area contributed by atoms with E-state index in [4.69, 9.17) is 0 Å². The van der Waals surface area contributed by atoms with Gasteiger partial charge in [-0.2, -0.15) is 6.07 Å². The van der Waals surface area contributed by atoms with Crippen molar-refractivity contribution in [3.05, 3.63) is 171 Å². The Kier molecular flexibility index (Phi) is 16.9. The monoisotopic (exact) mass is 734 g/mol. The maximum absolute atomic E-state index is 3.06. The van der Waals surface area contributed by atoms with Gasteiger partial charge >= 0.3 is 30.2 Å². The van der Waals surface area contributed by atoms with Gasteiger partial charge in [0.15, 0.2) is 0 Å². The first-order valence-electron chi connectivity index (χ1n) is 14.3. The summed E-state index contributed by atoms with van der Waals surface area (Å²) >= 11 is 1.36. The van der Waals surface area contributed by atoms with E-state index < -0.39 is 0 Å². The molecule has 0 saturated carbocycles. The number of aryl methyl sites for hydroxylation is 4. The van der Waals surface area contributed by atoms with E-state index in [1.807, 2.05) is 0 Å². The topological polar surface area (TPSA) is 0 Å². The number of halogens is 2. The Balaban J connectivity index is 0.000000416. The predicted octanol–water partition coefficient (Wildman–Crippen LogP) is 12.7. The fourth-order valence-corrected chi connectivity index (χ4v) is 5.98. The minimum atomic E-state index is 0. The van der Waals surface area contributed by atoms with Crippen LogP contribution in [0, 0.1) is 42.5 Å². The minimum absolute atomic E-state index is 0. The van der Waals surface area contributed by atoms with Crippen molar-refractivity contribution < 1.29 is 23.3 Å². The van der Waals surface area contributed by atoms with E-state index in [2.05, 4.69) is 168 Å². The molecule has 0 atom stereocenters. The summed E-state index contributed by atoms with van der Waals surface area (Å²) in [5.41, 5.74) is 13.3. The van der Waals surface area contributed by atoms with Gasteiger partial charge in [0, 0.05) is 0 Å². The molecule has 0 saturated heterocycles. The SMILES string of the molecule is Cc1cc2c(-c3ccccc3)ccc(C)c2[cH-]1.Cc1cccc(C)c1-c1cc2c(-c3ccccc3)cccc2[cH-]1.Cl.Cl.[CH3-].[CH3-].[Si]=[Zr]. The van der Waals surface area contributed by atoms with E-state index in [9.17, 15) is 0 Å². The summed E-state index contributed by atoms with van der Waals surface area (Å²) in [6.45, 7) is 11.8. The van der Waals surface area contributed by atoms with Gasteiger partial charge in [-0.1, -0.05) is 139 Å². The zero-order valence-electron chi connectivity index (χ0n) is 27.5. The van der Waals surface area contributed by atoms with Crippen molar-refractivity contribution in [1.82, 2.24) is 0 Å². The molecule has 7 aromatic carbocycles. The van der Waals surface area contributed by atoms with Gasteiger partial charge in [-0.05, 0) is 25.0 Å². The molecule has 0 amide bonds. The Hall–Kier alpha value is -3.00. The first-order valence-corrected chi connectivity index (χ1v) is 18.5. The molecule has 2 radical (unpaired) electrons. The molecule has 0 aliphatic rings. The van der Waals surface area contributed by atoms with Crippen molar-refractivity contribution in [2.45, 2.75) is 27.7 Å². The second kappa shape index (κ2) is 19.0. The number of rotatable bonds is 3. The second-order valence-corrected chi connectivity index (χ2v) is 10.8. The molecule has 0 aliphatic heterocycles. The van der Waals surface area contributed by atoms with Gasteiger partial charge in [0.2, 0.25) is 0 Å². The molecule has 46 heavy (non-hydrogen) atoms. The molecule has 0 spiro atoms. The summed E-state index contributed by atoms with van der Waals surface area (Å²) in [6, 6.07) is 48.0. The first-order chi connectivity index (χ1) is 20.5. The fourth-order valence-electron chi connectivity index (χ4n) is 5.98. The number of hydrogen-bond acceptors (Lipinski definition) is 0. The fraction of sp³-hybridized carbons (Fsp3) is 0.0952. The number of benzene rings is 5. The van der Waals surface area contributed by atoms with Crippen LogP contribution in [0.3, 0.4) is 0 Å². The van der Waals surface area contributed by atoms with Gasteiger partial charge in [0.05, 0.1) is 0 Å². The van der Waals surface area contributed by atoms with Crippen LogP contribution in [-0.4, -0.2) is 6.88 Å². The van der Waals surface area contributed by atoms with E-state index in [-0.39, 0.29) is 39.7 Å². The van der Waals surface area contributed by atoms with Crippen LogP contribution in [0.1, 0.15) is 22.3 Å². The molecular weight excluding hydrogens is 695 g/mol. The third kappa shape index (κ3) is 8.87. The predicted molar refractivity (Wildman–Crippen MR) is 207 cm³/mol. The van der Waals surface area contributed by atoms with Crippen LogP contribution in [0.2, 0.25) is 0 Å². The molecule has 0 nitrogen and oxygen atoms in total. The molecule has 7 aromatic rings. The Morgan fingerprint density at radius 2 is 1.02 bits per heavy atom. The zero-order chi connectivity index (χ0) is 29.6. The molecule has 0 aliphatic carbocycles. The number of hydrogen-bond donors (Lipinski definition) is 0. The molecule has 0 aromatic heterocycles. The summed E-state index contributed by atoms with van der Waals surface area (Å²) in [7, 11) is 0. The van der Waals surface area contributed by atoms with Crippen LogP contribution in [-0.2, 0) is 23.3 Å². The van der Waals surface area contributed by atoms with E-state index in [0.29, 0.717) is 0 Å². The van der Waals surface area contributed by atoms with E-state index in [1.165, 1.54) is 101 Å². The van der Waals surface area contributed by atoms with Gasteiger partial charge in [-0.25, -0.2) is 0 Å². The van der Waals surface area contributed by atoms with Crippen molar-refractivity contribution >= 4 is 53.2 Å². The molecule has 0 fully saturated rings. The third-order valence-electron chi connectivity index (χ3n) is 7.94. The van der Waals surface area contributed by atoms with Crippen molar-refractivity contribution in [3.8, 4) is 33.4 Å². The summed E-state index contributed by atoms with van der Waals surface area (Å²) in [6.07, 6.45) is 0. The van der Waals surface area contributed by atoms with Crippen molar-refractivity contribution in [3.63, 3.8) is 0 Å². The van der Waals surface area contributed by atoms with E-state index in [1.54, 1.807) is 0 Å². The van der Waals surface area contributed by atoms with Crippen molar-refractivity contribution in [1.29, 1.82) is 0 Å². The molecule has 0 unspecified atom stereocenters. The maximum atomic E-state index is 3.06. The van der Waals surface area contributed by atoms with E-state index in [0.717, 1.165) is 0 Å². The number of fused-ring (bicyclic) bond motifs is 2. The Morgan fingerprint density at radius 3 is 1.59 bits per heavy atom. The van der Waals surface area contributed by atoms with Crippen LogP contribution in [0.4, 0.5) is 0 Å². The zero-order valence-corrected chi connectivity index (χ0v) is 32.6. The summed E-state index contributed by atoms with van der Waals surface area (Å²) in [5.74, 6) is 0. The Bertz CT molecular complexity index is 1930. The first kappa shape index (κ1) is 41.0. The molecule has 0 N–H and O–H groups in total. The third-order valence-corrected chi connectivity index (χ3v) is 7.94. The molecule has 7 rings (SSSR count). The summed E-state index contributed by atoms with van der Waals surface area (Å²) in [4.78, 5) is 0. The van der Waals surface area contributed by atoms with Gasteiger partial charge in [-0.3, -0.25) is 0 Å². The molecule has 0 heterocycles. The average molecular weight is 737 g/mol. The van der Waals surface area contributed by atoms with Gasteiger partial charge in [0.25, 0.3) is 0 Å². The van der Waals surface area contributed by atoms with Gasteiger partial charge < -0.3 is 14.9 Å². The molecule has 236 valence electrons.